The summed E-state index contributed by atoms with van der Waals surface area (Å²) in [6, 6.07) is 3.31. The topological polar surface area (TPSA) is 58.2 Å². The predicted molar refractivity (Wildman–Crippen MR) is 88.3 cm³/mol. The largest absolute Gasteiger partial charge is 0.316 e. The maximum Gasteiger partial charge on any atom is 0.241 e. The van der Waals surface area contributed by atoms with Crippen molar-refractivity contribution in [1.29, 1.82) is 0 Å². The van der Waals surface area contributed by atoms with Gasteiger partial charge in [-0.3, -0.25) is 0 Å². The first kappa shape index (κ1) is 18.4. The summed E-state index contributed by atoms with van der Waals surface area (Å²) in [4.78, 5) is 0.254. The molecule has 0 aliphatic rings. The molecule has 2 N–H and O–H groups in total. The van der Waals surface area contributed by atoms with Gasteiger partial charge in [-0.25, -0.2) is 13.1 Å². The fraction of sp³-hybridized carbons (Fsp3) is 0.600. The zero-order valence-corrected chi connectivity index (χ0v) is 15.0. The number of benzene rings is 1. The number of nitrogens with one attached hydrogen (secondary N) is 2. The highest BCUT2D eigenvalue weighted by Gasteiger charge is 2.27. The van der Waals surface area contributed by atoms with Crippen LogP contribution in [0.3, 0.4) is 0 Å². The van der Waals surface area contributed by atoms with Crippen molar-refractivity contribution < 1.29 is 8.42 Å². The standard InChI is InChI=1S/C15H25ClN2O2S/c1-6-7-15(3,4)18-21(19,20)14-9-13(16)8-12(10-17-5)11(14)2/h8-9,17-18H,6-7,10H2,1-5H3. The maximum absolute atomic E-state index is 12.7. The van der Waals surface area contributed by atoms with Gasteiger partial charge in [0, 0.05) is 17.1 Å². The summed E-state index contributed by atoms with van der Waals surface area (Å²) in [6.45, 7) is 8.20. The number of halogens is 1. The van der Waals surface area contributed by atoms with Gasteiger partial charge in [-0.1, -0.05) is 24.9 Å². The molecule has 0 aromatic heterocycles. The third-order valence-corrected chi connectivity index (χ3v) is 5.42. The van der Waals surface area contributed by atoms with Crippen LogP contribution >= 0.6 is 11.6 Å². The van der Waals surface area contributed by atoms with Crippen molar-refractivity contribution >= 4 is 21.6 Å². The third-order valence-electron chi connectivity index (χ3n) is 3.37. The Morgan fingerprint density at radius 1 is 1.29 bits per heavy atom. The zero-order chi connectivity index (χ0) is 16.3. The summed E-state index contributed by atoms with van der Waals surface area (Å²) in [5.74, 6) is 0. The fourth-order valence-electron chi connectivity index (χ4n) is 2.46. The van der Waals surface area contributed by atoms with Gasteiger partial charge < -0.3 is 5.32 Å². The molecule has 4 nitrogen and oxygen atoms in total. The van der Waals surface area contributed by atoms with Crippen LogP contribution in [0.2, 0.25) is 5.02 Å². The molecule has 0 heterocycles. The molecule has 0 amide bonds. The number of hydrogen-bond acceptors (Lipinski definition) is 3. The van der Waals surface area contributed by atoms with E-state index in [-0.39, 0.29) is 4.90 Å². The van der Waals surface area contributed by atoms with Crippen LogP contribution in [0.1, 0.15) is 44.7 Å². The molecular weight excluding hydrogens is 308 g/mol. The van der Waals surface area contributed by atoms with E-state index in [0.29, 0.717) is 11.6 Å². The molecular formula is C15H25ClN2O2S. The lowest BCUT2D eigenvalue weighted by Crippen LogP contribution is -2.43. The lowest BCUT2D eigenvalue weighted by molar-refractivity contribution is 0.417. The van der Waals surface area contributed by atoms with Gasteiger partial charge in [0.2, 0.25) is 10.0 Å². The highest BCUT2D eigenvalue weighted by Crippen LogP contribution is 2.26. The quantitative estimate of drug-likeness (QED) is 0.806. The van der Waals surface area contributed by atoms with Crippen molar-refractivity contribution in [3.05, 3.63) is 28.3 Å². The Labute approximate surface area is 133 Å². The van der Waals surface area contributed by atoms with E-state index < -0.39 is 15.6 Å². The molecule has 1 aromatic carbocycles. The van der Waals surface area contributed by atoms with E-state index in [9.17, 15) is 8.42 Å². The van der Waals surface area contributed by atoms with Gasteiger partial charge in [0.25, 0.3) is 0 Å². The first-order chi connectivity index (χ1) is 9.63. The van der Waals surface area contributed by atoms with Gasteiger partial charge in [-0.05, 0) is 57.5 Å². The summed E-state index contributed by atoms with van der Waals surface area (Å²) in [6.07, 6.45) is 1.68. The average molecular weight is 333 g/mol. The third kappa shape index (κ3) is 4.95. The lowest BCUT2D eigenvalue weighted by Gasteiger charge is -2.26. The molecule has 0 spiro atoms. The van der Waals surface area contributed by atoms with E-state index in [0.717, 1.165) is 24.0 Å². The smallest absolute Gasteiger partial charge is 0.241 e. The summed E-state index contributed by atoms with van der Waals surface area (Å²) in [5.41, 5.74) is 1.14. The van der Waals surface area contributed by atoms with Crippen LogP contribution in [0.15, 0.2) is 17.0 Å². The van der Waals surface area contributed by atoms with Crippen LogP contribution in [0, 0.1) is 6.92 Å². The first-order valence-corrected chi connectivity index (χ1v) is 8.96. The van der Waals surface area contributed by atoms with Crippen LogP contribution in [-0.4, -0.2) is 21.0 Å². The Kier molecular flexibility index (Phi) is 6.23. The van der Waals surface area contributed by atoms with Crippen LogP contribution < -0.4 is 10.0 Å². The monoisotopic (exact) mass is 332 g/mol. The predicted octanol–water partition coefficient (Wildman–Crippen LogP) is 3.22. The molecule has 1 aromatic rings. The highest BCUT2D eigenvalue weighted by atomic mass is 35.5. The molecule has 0 unspecified atom stereocenters. The van der Waals surface area contributed by atoms with Crippen molar-refractivity contribution in [2.75, 3.05) is 7.05 Å². The minimum absolute atomic E-state index is 0.254. The van der Waals surface area contributed by atoms with Gasteiger partial charge in [0.1, 0.15) is 0 Å². The van der Waals surface area contributed by atoms with Crippen LogP contribution in [0.4, 0.5) is 0 Å². The Bertz CT molecular complexity index is 598. The van der Waals surface area contributed by atoms with E-state index in [1.807, 2.05) is 34.7 Å². The van der Waals surface area contributed by atoms with E-state index in [4.69, 9.17) is 11.6 Å². The molecule has 0 aliphatic heterocycles. The normalized spacial score (nSPS) is 12.7. The molecule has 0 saturated carbocycles. The average Bonchev–Trinajstić information content (AvgIpc) is 2.31. The molecule has 0 radical (unpaired) electrons. The second-order valence-electron chi connectivity index (χ2n) is 5.96. The SMILES string of the molecule is CCCC(C)(C)NS(=O)(=O)c1cc(Cl)cc(CNC)c1C. The van der Waals surface area contributed by atoms with Gasteiger partial charge in [-0.15, -0.1) is 0 Å². The number of hydrogen-bond donors (Lipinski definition) is 2. The van der Waals surface area contributed by atoms with Gasteiger partial charge in [-0.2, -0.15) is 0 Å². The van der Waals surface area contributed by atoms with E-state index in [2.05, 4.69) is 10.0 Å². The first-order valence-electron chi connectivity index (χ1n) is 7.10. The molecule has 1 rings (SSSR count). The fourth-order valence-corrected chi connectivity index (χ4v) is 4.52. The van der Waals surface area contributed by atoms with E-state index in [1.54, 1.807) is 6.07 Å². The van der Waals surface area contributed by atoms with Crippen LogP contribution in [0.5, 0.6) is 0 Å². The minimum Gasteiger partial charge on any atom is -0.316 e. The van der Waals surface area contributed by atoms with Crippen LogP contribution in [-0.2, 0) is 16.6 Å². The number of sulfonamides is 1. The summed E-state index contributed by atoms with van der Waals surface area (Å²) >= 11 is 6.08. The molecule has 0 fully saturated rings. The molecule has 6 heteroatoms. The van der Waals surface area contributed by atoms with Gasteiger partial charge in [0.15, 0.2) is 0 Å². The summed E-state index contributed by atoms with van der Waals surface area (Å²) in [7, 11) is -1.78. The Balaban J connectivity index is 3.25. The number of rotatable bonds is 7. The van der Waals surface area contributed by atoms with E-state index in [1.165, 1.54) is 6.07 Å². The minimum atomic E-state index is -3.60. The Morgan fingerprint density at radius 3 is 2.43 bits per heavy atom. The zero-order valence-electron chi connectivity index (χ0n) is 13.4. The summed E-state index contributed by atoms with van der Waals surface area (Å²) in [5, 5.41) is 3.46. The lowest BCUT2D eigenvalue weighted by atomic mass is 10.0. The summed E-state index contributed by atoms with van der Waals surface area (Å²) < 4.78 is 28.1. The molecule has 21 heavy (non-hydrogen) atoms. The molecule has 0 atom stereocenters. The van der Waals surface area contributed by atoms with Crippen molar-refractivity contribution in [1.82, 2.24) is 10.0 Å². The molecule has 0 aliphatic carbocycles. The molecule has 0 bridgehead atoms. The Hall–Kier alpha value is -0.620. The van der Waals surface area contributed by atoms with Gasteiger partial charge in [0.05, 0.1) is 4.90 Å². The van der Waals surface area contributed by atoms with Gasteiger partial charge >= 0.3 is 0 Å². The van der Waals surface area contributed by atoms with Crippen molar-refractivity contribution in [2.45, 2.75) is 57.5 Å². The second-order valence-corrected chi connectivity index (χ2v) is 8.05. The second kappa shape index (κ2) is 7.09. The molecule has 120 valence electrons. The van der Waals surface area contributed by atoms with E-state index >= 15 is 0 Å². The molecule has 0 saturated heterocycles. The van der Waals surface area contributed by atoms with Crippen LogP contribution in [0.25, 0.3) is 0 Å². The van der Waals surface area contributed by atoms with Crippen molar-refractivity contribution in [3.63, 3.8) is 0 Å². The van der Waals surface area contributed by atoms with Crippen molar-refractivity contribution in [2.24, 2.45) is 0 Å². The highest BCUT2D eigenvalue weighted by molar-refractivity contribution is 7.89. The maximum atomic E-state index is 12.7. The van der Waals surface area contributed by atoms with Crippen molar-refractivity contribution in [3.8, 4) is 0 Å². The Morgan fingerprint density at radius 2 is 1.90 bits per heavy atom.